The third-order valence-corrected chi connectivity index (χ3v) is 4.40. The van der Waals surface area contributed by atoms with E-state index in [1.807, 2.05) is 73.6 Å². The van der Waals surface area contributed by atoms with E-state index in [1.165, 1.54) is 0 Å². The van der Waals surface area contributed by atoms with E-state index in [4.69, 9.17) is 4.74 Å². The summed E-state index contributed by atoms with van der Waals surface area (Å²) in [4.78, 5) is 14.2. The van der Waals surface area contributed by atoms with Gasteiger partial charge in [0.15, 0.2) is 5.82 Å². The lowest BCUT2D eigenvalue weighted by molar-refractivity contribution is -0.116. The minimum atomic E-state index is -0.0221. The summed E-state index contributed by atoms with van der Waals surface area (Å²) in [5, 5.41) is 14.2. The van der Waals surface area contributed by atoms with Crippen molar-refractivity contribution < 1.29 is 9.53 Å². The number of aryl methyl sites for hydroxylation is 1. The van der Waals surface area contributed by atoms with Gasteiger partial charge in [0.2, 0.25) is 5.91 Å². The third kappa shape index (κ3) is 5.93. The maximum Gasteiger partial charge on any atom is 0.224 e. The van der Waals surface area contributed by atoms with Crippen LogP contribution in [-0.2, 0) is 11.2 Å². The average Bonchev–Trinajstić information content (AvgIpc) is 2.74. The van der Waals surface area contributed by atoms with Crippen LogP contribution in [0.4, 0.5) is 22.9 Å². The van der Waals surface area contributed by atoms with E-state index in [-0.39, 0.29) is 5.91 Å². The molecule has 3 aromatic rings. The Bertz CT molecular complexity index is 940. The highest BCUT2D eigenvalue weighted by molar-refractivity contribution is 5.91. The zero-order valence-electron chi connectivity index (χ0n) is 16.8. The van der Waals surface area contributed by atoms with Crippen LogP contribution in [-0.4, -0.2) is 37.3 Å². The van der Waals surface area contributed by atoms with Crippen molar-refractivity contribution in [3.05, 3.63) is 66.4 Å². The van der Waals surface area contributed by atoms with Gasteiger partial charge in [-0.3, -0.25) is 4.79 Å². The molecule has 0 unspecified atom stereocenters. The molecule has 1 heterocycles. The summed E-state index contributed by atoms with van der Waals surface area (Å²) in [6, 6.07) is 17.2. The van der Waals surface area contributed by atoms with Crippen molar-refractivity contribution in [3.63, 3.8) is 0 Å². The number of rotatable bonds is 8. The molecule has 0 fully saturated rings. The highest BCUT2D eigenvalue weighted by Crippen LogP contribution is 2.20. The Hall–Kier alpha value is -3.61. The largest absolute Gasteiger partial charge is 0.497 e. The monoisotopic (exact) mass is 391 g/mol. The lowest BCUT2D eigenvalue weighted by atomic mass is 10.1. The van der Waals surface area contributed by atoms with Gasteiger partial charge in [0.1, 0.15) is 5.75 Å². The fourth-order valence-electron chi connectivity index (χ4n) is 2.72. The van der Waals surface area contributed by atoms with Gasteiger partial charge in [0.05, 0.1) is 19.0 Å². The Morgan fingerprint density at radius 1 is 1.03 bits per heavy atom. The van der Waals surface area contributed by atoms with Gasteiger partial charge in [-0.05, 0) is 48.4 Å². The van der Waals surface area contributed by atoms with Crippen molar-refractivity contribution in [1.82, 2.24) is 10.2 Å². The maximum atomic E-state index is 12.2. The predicted molar refractivity (Wildman–Crippen MR) is 116 cm³/mol. The van der Waals surface area contributed by atoms with Crippen LogP contribution >= 0.6 is 0 Å². The highest BCUT2D eigenvalue weighted by atomic mass is 16.5. The van der Waals surface area contributed by atoms with Gasteiger partial charge < -0.3 is 20.3 Å². The van der Waals surface area contributed by atoms with E-state index in [2.05, 4.69) is 20.8 Å². The summed E-state index contributed by atoms with van der Waals surface area (Å²) in [5.74, 6) is 1.45. The van der Waals surface area contributed by atoms with Crippen LogP contribution in [0.25, 0.3) is 0 Å². The van der Waals surface area contributed by atoms with E-state index >= 15 is 0 Å². The molecule has 0 aliphatic rings. The molecular weight excluding hydrogens is 366 g/mol. The Balaban J connectivity index is 1.51. The van der Waals surface area contributed by atoms with Crippen molar-refractivity contribution in [1.29, 1.82) is 0 Å². The summed E-state index contributed by atoms with van der Waals surface area (Å²) in [6.07, 6.45) is 2.80. The Morgan fingerprint density at radius 3 is 2.38 bits per heavy atom. The molecule has 7 heteroatoms. The molecule has 0 atom stereocenters. The Kier molecular flexibility index (Phi) is 6.63. The molecule has 1 amide bonds. The summed E-state index contributed by atoms with van der Waals surface area (Å²) in [6.45, 7) is 0. The molecule has 2 aromatic carbocycles. The second-order valence-corrected chi connectivity index (χ2v) is 6.79. The van der Waals surface area contributed by atoms with Crippen LogP contribution in [0, 0.1) is 0 Å². The second-order valence-electron chi connectivity index (χ2n) is 6.79. The lowest BCUT2D eigenvalue weighted by Gasteiger charge is -2.13. The van der Waals surface area contributed by atoms with Crippen molar-refractivity contribution in [3.8, 4) is 5.75 Å². The number of amides is 1. The molecule has 2 N–H and O–H groups in total. The quantitative estimate of drug-likeness (QED) is 0.607. The van der Waals surface area contributed by atoms with E-state index in [0.717, 1.165) is 28.4 Å². The molecule has 0 radical (unpaired) electrons. The maximum absolute atomic E-state index is 12.2. The molecule has 7 nitrogen and oxygen atoms in total. The van der Waals surface area contributed by atoms with Gasteiger partial charge in [-0.2, -0.15) is 5.10 Å². The van der Waals surface area contributed by atoms with Gasteiger partial charge >= 0.3 is 0 Å². The third-order valence-electron chi connectivity index (χ3n) is 4.40. The fourth-order valence-corrected chi connectivity index (χ4v) is 2.72. The van der Waals surface area contributed by atoms with Crippen molar-refractivity contribution in [2.45, 2.75) is 12.8 Å². The minimum absolute atomic E-state index is 0.0221. The zero-order valence-corrected chi connectivity index (χ0v) is 16.8. The van der Waals surface area contributed by atoms with Crippen LogP contribution in [0.15, 0.2) is 60.8 Å². The molecule has 29 heavy (non-hydrogen) atoms. The van der Waals surface area contributed by atoms with E-state index in [0.29, 0.717) is 18.7 Å². The van der Waals surface area contributed by atoms with Crippen molar-refractivity contribution in [2.24, 2.45) is 0 Å². The van der Waals surface area contributed by atoms with Crippen LogP contribution in [0.5, 0.6) is 5.75 Å². The Morgan fingerprint density at radius 2 is 1.72 bits per heavy atom. The van der Waals surface area contributed by atoms with Crippen molar-refractivity contribution in [2.75, 3.05) is 36.7 Å². The standard InChI is InChI=1S/C22H25N5O2/c1-27(2)19-14-21(26-23-15-19)24-17-7-9-18(10-8-17)25-22(28)13-6-16-4-11-20(29-3)12-5-16/h4-5,7-12,14-15H,6,13H2,1-3H3,(H,24,26)(H,25,28). The van der Waals surface area contributed by atoms with Gasteiger partial charge in [-0.15, -0.1) is 5.10 Å². The molecule has 0 spiro atoms. The van der Waals surface area contributed by atoms with E-state index in [1.54, 1.807) is 13.3 Å². The normalized spacial score (nSPS) is 10.3. The predicted octanol–water partition coefficient (Wildman–Crippen LogP) is 3.87. The summed E-state index contributed by atoms with van der Waals surface area (Å²) >= 11 is 0. The molecule has 0 aliphatic carbocycles. The second kappa shape index (κ2) is 9.54. The molecule has 0 bridgehead atoms. The highest BCUT2D eigenvalue weighted by Gasteiger charge is 2.05. The fraction of sp³-hybridized carbons (Fsp3) is 0.227. The molecule has 1 aromatic heterocycles. The first-order chi connectivity index (χ1) is 14.0. The number of carbonyl (C=O) groups is 1. The van der Waals surface area contributed by atoms with E-state index < -0.39 is 0 Å². The molecular formula is C22H25N5O2. The van der Waals surface area contributed by atoms with E-state index in [9.17, 15) is 4.79 Å². The number of aromatic nitrogens is 2. The van der Waals surface area contributed by atoms with Crippen molar-refractivity contribution >= 4 is 28.8 Å². The number of carbonyl (C=O) groups excluding carboxylic acids is 1. The lowest BCUT2D eigenvalue weighted by Crippen LogP contribution is -2.12. The summed E-state index contributed by atoms with van der Waals surface area (Å²) in [7, 11) is 5.54. The first-order valence-electron chi connectivity index (χ1n) is 9.33. The number of nitrogens with zero attached hydrogens (tertiary/aromatic N) is 3. The molecule has 0 saturated carbocycles. The van der Waals surface area contributed by atoms with Gasteiger partial charge in [0, 0.05) is 38.0 Å². The number of anilines is 4. The first kappa shape index (κ1) is 20.1. The van der Waals surface area contributed by atoms with Crippen LogP contribution in [0.3, 0.4) is 0 Å². The number of hydrogen-bond acceptors (Lipinski definition) is 6. The Labute approximate surface area is 170 Å². The van der Waals surface area contributed by atoms with Gasteiger partial charge in [-0.25, -0.2) is 0 Å². The first-order valence-corrected chi connectivity index (χ1v) is 9.33. The zero-order chi connectivity index (χ0) is 20.6. The van der Waals surface area contributed by atoms with Crippen LogP contribution in [0.2, 0.25) is 0 Å². The topological polar surface area (TPSA) is 79.4 Å². The van der Waals surface area contributed by atoms with Gasteiger partial charge in [-0.1, -0.05) is 12.1 Å². The average molecular weight is 391 g/mol. The summed E-state index contributed by atoms with van der Waals surface area (Å²) in [5.41, 5.74) is 3.68. The molecule has 150 valence electrons. The van der Waals surface area contributed by atoms with Gasteiger partial charge in [0.25, 0.3) is 0 Å². The molecule has 0 aliphatic heterocycles. The number of ether oxygens (including phenoxy) is 1. The number of benzene rings is 2. The number of methoxy groups -OCH3 is 1. The molecule has 3 rings (SSSR count). The SMILES string of the molecule is COc1ccc(CCC(=O)Nc2ccc(Nc3cc(N(C)C)cnn3)cc2)cc1. The summed E-state index contributed by atoms with van der Waals surface area (Å²) < 4.78 is 5.14. The smallest absolute Gasteiger partial charge is 0.224 e. The van der Waals surface area contributed by atoms with Crippen LogP contribution < -0.4 is 20.3 Å². The number of hydrogen-bond donors (Lipinski definition) is 2. The van der Waals surface area contributed by atoms with Crippen LogP contribution in [0.1, 0.15) is 12.0 Å². The molecule has 0 saturated heterocycles. The minimum Gasteiger partial charge on any atom is -0.497 e. The number of nitrogens with one attached hydrogen (secondary N) is 2.